The molecule has 198 valence electrons. The number of nitrogens with two attached hydrogens (primary N) is 1. The number of aliphatic hydroxyl groups is 1. The van der Waals surface area contributed by atoms with Gasteiger partial charge < -0.3 is 25.8 Å². The number of halogens is 1. The van der Waals surface area contributed by atoms with Gasteiger partial charge in [-0.05, 0) is 35.1 Å². The minimum atomic E-state index is -0.890. The maximum Gasteiger partial charge on any atom is 0.411 e. The summed E-state index contributed by atoms with van der Waals surface area (Å²) in [6.45, 7) is 4.60. The van der Waals surface area contributed by atoms with Crippen LogP contribution in [0, 0.1) is 5.92 Å². The van der Waals surface area contributed by atoms with Crippen LogP contribution in [0.5, 0.6) is 0 Å². The van der Waals surface area contributed by atoms with Gasteiger partial charge in [0.15, 0.2) is 0 Å². The molecule has 36 heavy (non-hydrogen) atoms. The fraction of sp³-hybridized carbons (Fsp3) is 0.500. The monoisotopic (exact) mass is 520 g/mol. The van der Waals surface area contributed by atoms with E-state index in [4.69, 9.17) is 10.5 Å². The number of aliphatic hydroxyl groups excluding tert-OH is 1. The highest BCUT2D eigenvalue weighted by atomic mass is 35.5. The van der Waals surface area contributed by atoms with Crippen LogP contribution >= 0.6 is 12.4 Å². The van der Waals surface area contributed by atoms with E-state index in [1.165, 1.54) is 9.80 Å². The van der Waals surface area contributed by atoms with Gasteiger partial charge in [-0.3, -0.25) is 14.5 Å². The highest BCUT2D eigenvalue weighted by Gasteiger charge is 2.39. The summed E-state index contributed by atoms with van der Waals surface area (Å²) in [7, 11) is 0. The van der Waals surface area contributed by atoms with Crippen LogP contribution in [0.2, 0.25) is 0 Å². The molecule has 2 aromatic rings. The van der Waals surface area contributed by atoms with E-state index in [1.807, 2.05) is 56.3 Å². The van der Waals surface area contributed by atoms with Crippen LogP contribution < -0.4 is 11.1 Å². The Morgan fingerprint density at radius 3 is 2.64 bits per heavy atom. The number of nitrogens with zero attached hydrogens (tertiary/aromatic N) is 2. The molecule has 1 aliphatic heterocycles. The lowest BCUT2D eigenvalue weighted by atomic mass is 9.99. The van der Waals surface area contributed by atoms with Crippen LogP contribution in [0.4, 0.5) is 4.79 Å². The van der Waals surface area contributed by atoms with Crippen molar-refractivity contribution in [1.29, 1.82) is 0 Å². The van der Waals surface area contributed by atoms with Crippen LogP contribution in [0.1, 0.15) is 32.3 Å². The number of carbonyl (C=O) groups excluding carboxylic acids is 3. The van der Waals surface area contributed by atoms with Gasteiger partial charge in [0.05, 0.1) is 12.7 Å². The van der Waals surface area contributed by atoms with Gasteiger partial charge in [-0.25, -0.2) is 4.79 Å². The van der Waals surface area contributed by atoms with Gasteiger partial charge in [0.2, 0.25) is 12.3 Å². The lowest BCUT2D eigenvalue weighted by Gasteiger charge is -2.37. The lowest BCUT2D eigenvalue weighted by molar-refractivity contribution is -0.137. The number of rotatable bonds is 11. The molecule has 0 aliphatic carbocycles. The van der Waals surface area contributed by atoms with E-state index < -0.39 is 30.3 Å². The SMILES string of the molecule is CC(C)COC(=O)N1CCCC1N(C=O)[C@H](Cc1ccc2ccccc2c1)C(=O)NCC(O)CN.Cl. The zero-order chi connectivity index (χ0) is 25.4. The number of carbonyl (C=O) groups is 3. The second-order valence-electron chi connectivity index (χ2n) is 9.38. The molecule has 0 bridgehead atoms. The summed E-state index contributed by atoms with van der Waals surface area (Å²) in [6, 6.07) is 12.9. The van der Waals surface area contributed by atoms with Crippen molar-refractivity contribution < 1.29 is 24.2 Å². The van der Waals surface area contributed by atoms with Gasteiger partial charge >= 0.3 is 6.09 Å². The molecule has 0 aromatic heterocycles. The van der Waals surface area contributed by atoms with E-state index in [9.17, 15) is 19.5 Å². The van der Waals surface area contributed by atoms with Crippen LogP contribution in [-0.2, 0) is 20.7 Å². The Morgan fingerprint density at radius 2 is 1.97 bits per heavy atom. The highest BCUT2D eigenvalue weighted by molar-refractivity contribution is 5.86. The summed E-state index contributed by atoms with van der Waals surface area (Å²) in [5.74, 6) is -0.234. The fourth-order valence-electron chi connectivity index (χ4n) is 4.29. The van der Waals surface area contributed by atoms with E-state index in [0.29, 0.717) is 25.8 Å². The number of likely N-dealkylation sites (tertiary alicyclic amines) is 1. The molecule has 0 saturated carbocycles. The first-order valence-electron chi connectivity index (χ1n) is 12.1. The molecule has 0 spiro atoms. The quantitative estimate of drug-likeness (QED) is 0.390. The fourth-order valence-corrected chi connectivity index (χ4v) is 4.29. The van der Waals surface area contributed by atoms with Crippen molar-refractivity contribution in [2.45, 2.75) is 51.4 Å². The molecular formula is C26H37ClN4O5. The molecule has 1 saturated heterocycles. The summed E-state index contributed by atoms with van der Waals surface area (Å²) in [5.41, 5.74) is 6.35. The summed E-state index contributed by atoms with van der Waals surface area (Å²) in [5, 5.41) is 14.6. The Kier molecular flexibility index (Phi) is 11.4. The third-order valence-electron chi connectivity index (χ3n) is 6.15. The molecule has 1 aliphatic rings. The maximum absolute atomic E-state index is 13.3. The average molecular weight is 521 g/mol. The zero-order valence-electron chi connectivity index (χ0n) is 20.8. The number of ether oxygens (including phenoxy) is 1. The Bertz CT molecular complexity index is 1020. The molecule has 2 aromatic carbocycles. The maximum atomic E-state index is 13.3. The zero-order valence-corrected chi connectivity index (χ0v) is 21.7. The Morgan fingerprint density at radius 1 is 1.25 bits per heavy atom. The van der Waals surface area contributed by atoms with Gasteiger partial charge in [0.1, 0.15) is 12.2 Å². The third-order valence-corrected chi connectivity index (χ3v) is 6.15. The van der Waals surface area contributed by atoms with Crippen molar-refractivity contribution in [1.82, 2.24) is 15.1 Å². The minimum absolute atomic E-state index is 0. The van der Waals surface area contributed by atoms with E-state index in [0.717, 1.165) is 16.3 Å². The van der Waals surface area contributed by atoms with Crippen molar-refractivity contribution in [2.75, 3.05) is 26.2 Å². The minimum Gasteiger partial charge on any atom is -0.449 e. The number of amides is 3. The Labute approximate surface area is 218 Å². The van der Waals surface area contributed by atoms with Crippen LogP contribution in [0.25, 0.3) is 10.8 Å². The summed E-state index contributed by atoms with van der Waals surface area (Å²) < 4.78 is 5.41. The van der Waals surface area contributed by atoms with Crippen molar-refractivity contribution in [2.24, 2.45) is 11.7 Å². The molecule has 4 N–H and O–H groups in total. The van der Waals surface area contributed by atoms with Crippen molar-refractivity contribution >= 4 is 41.6 Å². The first-order chi connectivity index (χ1) is 16.8. The second-order valence-corrected chi connectivity index (χ2v) is 9.38. The van der Waals surface area contributed by atoms with Crippen molar-refractivity contribution in [3.8, 4) is 0 Å². The normalized spacial score (nSPS) is 16.8. The molecule has 3 atom stereocenters. The number of fused-ring (bicyclic) bond motifs is 1. The molecule has 9 nitrogen and oxygen atoms in total. The summed E-state index contributed by atoms with van der Waals surface area (Å²) >= 11 is 0. The van der Waals surface area contributed by atoms with E-state index in [1.54, 1.807) is 0 Å². The van der Waals surface area contributed by atoms with Gasteiger partial charge in [-0.15, -0.1) is 12.4 Å². The molecular weight excluding hydrogens is 484 g/mol. The number of nitrogens with one attached hydrogen (secondary N) is 1. The lowest BCUT2D eigenvalue weighted by Crippen LogP contribution is -2.57. The van der Waals surface area contributed by atoms with Crippen LogP contribution in [0.15, 0.2) is 42.5 Å². The second kappa shape index (κ2) is 14.0. The smallest absolute Gasteiger partial charge is 0.411 e. The van der Waals surface area contributed by atoms with E-state index >= 15 is 0 Å². The topological polar surface area (TPSA) is 125 Å². The molecule has 1 fully saturated rings. The van der Waals surface area contributed by atoms with Gasteiger partial charge in [0.25, 0.3) is 0 Å². The number of benzene rings is 2. The van der Waals surface area contributed by atoms with Gasteiger partial charge in [-0.2, -0.15) is 0 Å². The predicted octanol–water partition coefficient (Wildman–Crippen LogP) is 2.28. The predicted molar refractivity (Wildman–Crippen MR) is 141 cm³/mol. The molecule has 2 unspecified atom stereocenters. The summed E-state index contributed by atoms with van der Waals surface area (Å²) in [4.78, 5) is 41.3. The molecule has 3 rings (SSSR count). The first-order valence-corrected chi connectivity index (χ1v) is 12.1. The standard InChI is InChI=1S/C26H36N4O5.ClH/c1-18(2)16-35-26(34)29-11-5-8-24(29)30(17-31)23(25(33)28-15-22(32)14-27)13-19-9-10-20-6-3-4-7-21(20)12-19;/h3-4,6-7,9-10,12,17-18,22-24,32H,5,8,11,13-16,27H2,1-2H3,(H,28,33);1H/t22?,23-,24?;/m1./s1. The number of hydrogen-bond donors (Lipinski definition) is 3. The van der Waals surface area contributed by atoms with Gasteiger partial charge in [0, 0.05) is 26.1 Å². The van der Waals surface area contributed by atoms with E-state index in [-0.39, 0.29) is 44.4 Å². The largest absolute Gasteiger partial charge is 0.449 e. The molecule has 1 heterocycles. The van der Waals surface area contributed by atoms with Crippen LogP contribution in [0.3, 0.4) is 0 Å². The first kappa shape index (κ1) is 29.4. The van der Waals surface area contributed by atoms with Crippen molar-refractivity contribution in [3.63, 3.8) is 0 Å². The highest BCUT2D eigenvalue weighted by Crippen LogP contribution is 2.25. The number of hydrogen-bond acceptors (Lipinski definition) is 6. The van der Waals surface area contributed by atoms with E-state index in [2.05, 4.69) is 5.32 Å². The van der Waals surface area contributed by atoms with Crippen LogP contribution in [-0.4, -0.2) is 77.9 Å². The van der Waals surface area contributed by atoms with Crippen molar-refractivity contribution in [3.05, 3.63) is 48.0 Å². The molecule has 3 amide bonds. The average Bonchev–Trinajstić information content (AvgIpc) is 3.35. The Hall–Kier alpha value is -2.88. The van der Waals surface area contributed by atoms with Gasteiger partial charge in [-0.1, -0.05) is 56.3 Å². The third kappa shape index (κ3) is 7.56. The summed E-state index contributed by atoms with van der Waals surface area (Å²) in [6.07, 6.45) is 0.144. The molecule has 0 radical (unpaired) electrons. The molecule has 10 heteroatoms. The Balaban J connectivity index is 0.00000456.